The number of imidazole rings is 1. The van der Waals surface area contributed by atoms with Gasteiger partial charge in [-0.3, -0.25) is 9.89 Å². The summed E-state index contributed by atoms with van der Waals surface area (Å²) in [5.41, 5.74) is 6.20. The summed E-state index contributed by atoms with van der Waals surface area (Å²) in [6, 6.07) is 11.9. The Hall–Kier alpha value is -4.24. The van der Waals surface area contributed by atoms with Gasteiger partial charge in [0.25, 0.3) is 5.91 Å². The van der Waals surface area contributed by atoms with E-state index in [-0.39, 0.29) is 11.7 Å². The summed E-state index contributed by atoms with van der Waals surface area (Å²) in [7, 11) is 0. The zero-order chi connectivity index (χ0) is 26.4. The number of rotatable bonds is 4. The second-order valence-electron chi connectivity index (χ2n) is 9.31. The first-order valence-corrected chi connectivity index (χ1v) is 12.8. The first kappa shape index (κ1) is 24.1. The Morgan fingerprint density at radius 3 is 2.79 bits per heavy atom. The Balaban J connectivity index is 1.25. The number of carbonyl (C=O) groups is 1. The van der Waals surface area contributed by atoms with Gasteiger partial charge in [-0.25, -0.2) is 14.4 Å². The molecule has 1 aliphatic heterocycles. The van der Waals surface area contributed by atoms with Gasteiger partial charge >= 0.3 is 0 Å². The predicted molar refractivity (Wildman–Crippen MR) is 143 cm³/mol. The van der Waals surface area contributed by atoms with E-state index in [1.807, 2.05) is 25.1 Å². The molecule has 3 aromatic heterocycles. The number of amides is 1. The lowest BCUT2D eigenvalue weighted by Crippen LogP contribution is -2.33. The van der Waals surface area contributed by atoms with Crippen molar-refractivity contribution in [2.45, 2.75) is 26.2 Å². The Morgan fingerprint density at radius 2 is 2.00 bits per heavy atom. The molecule has 192 valence electrons. The van der Waals surface area contributed by atoms with Crippen LogP contribution < -0.4 is 0 Å². The summed E-state index contributed by atoms with van der Waals surface area (Å²) < 4.78 is 14.1. The van der Waals surface area contributed by atoms with Crippen molar-refractivity contribution in [3.63, 3.8) is 0 Å². The van der Waals surface area contributed by atoms with Gasteiger partial charge < -0.3 is 15.0 Å². The molecule has 38 heavy (non-hydrogen) atoms. The molecule has 10 heteroatoms. The van der Waals surface area contributed by atoms with Gasteiger partial charge in [0.1, 0.15) is 11.4 Å². The highest BCUT2D eigenvalue weighted by atomic mass is 35.5. The second kappa shape index (κ2) is 9.57. The van der Waals surface area contributed by atoms with Gasteiger partial charge in [0, 0.05) is 43.2 Å². The Morgan fingerprint density at radius 1 is 1.16 bits per heavy atom. The fourth-order valence-electron chi connectivity index (χ4n) is 4.97. The van der Waals surface area contributed by atoms with Gasteiger partial charge in [-0.15, -0.1) is 0 Å². The number of phenols is 1. The molecule has 1 amide bonds. The fraction of sp³-hybridized carbons (Fsp3) is 0.214. The maximum Gasteiger partial charge on any atom is 0.272 e. The molecule has 0 saturated carbocycles. The number of nitrogens with zero attached hydrogens (tertiary/aromatic N) is 4. The summed E-state index contributed by atoms with van der Waals surface area (Å²) in [4.78, 5) is 27.1. The van der Waals surface area contributed by atoms with Crippen molar-refractivity contribution in [1.29, 1.82) is 0 Å². The van der Waals surface area contributed by atoms with E-state index in [0.717, 1.165) is 39.0 Å². The van der Waals surface area contributed by atoms with Gasteiger partial charge in [0.15, 0.2) is 17.4 Å². The number of aromatic nitrogens is 5. The van der Waals surface area contributed by atoms with Crippen LogP contribution in [0.4, 0.5) is 4.39 Å². The smallest absolute Gasteiger partial charge is 0.272 e. The molecule has 0 atom stereocenters. The number of hydrogen-bond acceptors (Lipinski definition) is 5. The number of hydrogen-bond donors (Lipinski definition) is 3. The normalized spacial score (nSPS) is 13.5. The topological polar surface area (TPSA) is 111 Å². The molecule has 0 aliphatic carbocycles. The van der Waals surface area contributed by atoms with Crippen molar-refractivity contribution in [3.8, 4) is 28.4 Å². The minimum Gasteiger partial charge on any atom is -0.505 e. The predicted octanol–water partition coefficient (Wildman–Crippen LogP) is 5.32. The number of H-pyrrole nitrogens is 2. The Labute approximate surface area is 222 Å². The van der Waals surface area contributed by atoms with E-state index < -0.39 is 5.82 Å². The number of benzene rings is 2. The van der Waals surface area contributed by atoms with Crippen molar-refractivity contribution < 1.29 is 14.3 Å². The van der Waals surface area contributed by atoms with Gasteiger partial charge in [-0.1, -0.05) is 24.6 Å². The summed E-state index contributed by atoms with van der Waals surface area (Å²) in [6.45, 7) is 3.05. The third-order valence-corrected chi connectivity index (χ3v) is 7.22. The molecule has 0 radical (unpaired) electrons. The summed E-state index contributed by atoms with van der Waals surface area (Å²) in [5.74, 6) is -0.453. The maximum absolute atomic E-state index is 14.1. The number of carbonyl (C=O) groups excluding carboxylic acids is 1. The third kappa shape index (κ3) is 4.28. The van der Waals surface area contributed by atoms with E-state index in [0.29, 0.717) is 54.6 Å². The maximum atomic E-state index is 14.1. The van der Waals surface area contributed by atoms with E-state index in [1.54, 1.807) is 17.0 Å². The average Bonchev–Trinajstić information content (AvgIpc) is 3.48. The fourth-order valence-corrected chi connectivity index (χ4v) is 5.08. The second-order valence-corrected chi connectivity index (χ2v) is 9.75. The molecule has 0 saturated heterocycles. The number of halogens is 2. The van der Waals surface area contributed by atoms with Gasteiger partial charge in [0.2, 0.25) is 0 Å². The molecule has 0 unspecified atom stereocenters. The van der Waals surface area contributed by atoms with E-state index in [2.05, 4.69) is 20.2 Å². The van der Waals surface area contributed by atoms with Gasteiger partial charge in [-0.05, 0) is 59.5 Å². The molecule has 2 aromatic carbocycles. The molecule has 8 nitrogen and oxygen atoms in total. The van der Waals surface area contributed by atoms with Crippen LogP contribution in [0, 0.1) is 5.82 Å². The zero-order valence-electron chi connectivity index (χ0n) is 20.6. The van der Waals surface area contributed by atoms with E-state index in [4.69, 9.17) is 16.6 Å². The van der Waals surface area contributed by atoms with Crippen molar-refractivity contribution in [1.82, 2.24) is 30.0 Å². The number of fused-ring (bicyclic) bond motifs is 2. The average molecular weight is 531 g/mol. The lowest BCUT2D eigenvalue weighted by Gasteiger charge is -2.19. The number of aryl methyl sites for hydroxylation is 1. The number of aromatic hydroxyl groups is 1. The van der Waals surface area contributed by atoms with Crippen LogP contribution in [-0.2, 0) is 19.3 Å². The summed E-state index contributed by atoms with van der Waals surface area (Å²) in [5, 5.41) is 18.7. The van der Waals surface area contributed by atoms with Crippen LogP contribution >= 0.6 is 11.6 Å². The third-order valence-electron chi connectivity index (χ3n) is 7.00. The van der Waals surface area contributed by atoms with Crippen molar-refractivity contribution in [2.75, 3.05) is 13.1 Å². The van der Waals surface area contributed by atoms with Gasteiger partial charge in [0.05, 0.1) is 16.2 Å². The summed E-state index contributed by atoms with van der Waals surface area (Å²) in [6.07, 6.45) is 3.39. The van der Waals surface area contributed by atoms with Crippen molar-refractivity contribution in [2.24, 2.45) is 0 Å². The zero-order valence-corrected chi connectivity index (χ0v) is 21.3. The molecule has 4 heterocycles. The number of pyridine rings is 1. The van der Waals surface area contributed by atoms with Crippen LogP contribution in [0.15, 0.2) is 48.7 Å². The first-order valence-electron chi connectivity index (χ1n) is 12.4. The molecule has 6 rings (SSSR count). The van der Waals surface area contributed by atoms with Crippen LogP contribution in [0.2, 0.25) is 5.02 Å². The number of aromatic amines is 2. The molecule has 5 aromatic rings. The van der Waals surface area contributed by atoms with E-state index in [1.165, 1.54) is 18.3 Å². The van der Waals surface area contributed by atoms with Crippen molar-refractivity contribution in [3.05, 3.63) is 82.1 Å². The molecular weight excluding hydrogens is 507 g/mol. The number of nitrogens with one attached hydrogen (secondary N) is 2. The molecule has 0 spiro atoms. The highest BCUT2D eigenvalue weighted by Crippen LogP contribution is 2.34. The van der Waals surface area contributed by atoms with E-state index in [9.17, 15) is 14.3 Å². The van der Waals surface area contributed by atoms with Crippen LogP contribution in [0.5, 0.6) is 5.75 Å². The Bertz CT molecular complexity index is 1650. The molecule has 0 fully saturated rings. The molecule has 3 N–H and O–H groups in total. The quantitative estimate of drug-likeness (QED) is 0.291. The van der Waals surface area contributed by atoms with Crippen LogP contribution in [-0.4, -0.2) is 54.2 Å². The lowest BCUT2D eigenvalue weighted by atomic mass is 9.96. The molecule has 0 bridgehead atoms. The molecule has 1 aliphatic rings. The number of phenolic OH excluding ortho intramolecular Hbond substituents is 1. The lowest BCUT2D eigenvalue weighted by molar-refractivity contribution is 0.0757. The standard InChI is InChI=1S/C28H24ClFN6O2/c1-2-15-12-25(37)20(30)13-19(15)16-3-5-18-24(11-16)34-35-26(18)27-32-21-7-9-36(10-8-22(21)33-27)28(38)23-6-4-17(29)14-31-23/h3-6,11-14,37H,2,7-10H2,1H3,(H,32,33)(H,34,35). The first-order chi connectivity index (χ1) is 18.4. The largest absolute Gasteiger partial charge is 0.505 e. The van der Waals surface area contributed by atoms with Crippen molar-refractivity contribution >= 4 is 28.4 Å². The highest BCUT2D eigenvalue weighted by Gasteiger charge is 2.24. The molecular formula is C28H24ClFN6O2. The minimum atomic E-state index is -0.649. The van der Waals surface area contributed by atoms with Crippen LogP contribution in [0.25, 0.3) is 33.5 Å². The van der Waals surface area contributed by atoms with Gasteiger partial charge in [-0.2, -0.15) is 5.10 Å². The van der Waals surface area contributed by atoms with E-state index >= 15 is 0 Å². The van der Waals surface area contributed by atoms with Crippen LogP contribution in [0.1, 0.15) is 34.4 Å². The van der Waals surface area contributed by atoms with Crippen LogP contribution in [0.3, 0.4) is 0 Å². The highest BCUT2D eigenvalue weighted by molar-refractivity contribution is 6.30. The SMILES string of the molecule is CCc1cc(O)c(F)cc1-c1ccc2c(-c3nc4c([nH]3)CCN(C(=O)c3ccc(Cl)cn3)CC4)n[nH]c2c1. The monoisotopic (exact) mass is 530 g/mol. The minimum absolute atomic E-state index is 0.124. The summed E-state index contributed by atoms with van der Waals surface area (Å²) >= 11 is 5.90. The Kier molecular flexibility index (Phi) is 6.07.